The molecule has 1 fully saturated rings. The van der Waals surface area contributed by atoms with Gasteiger partial charge in [0.2, 0.25) is 11.8 Å². The average molecular weight is 353 g/mol. The lowest BCUT2D eigenvalue weighted by atomic mass is 9.97. The molecule has 0 spiro atoms. The summed E-state index contributed by atoms with van der Waals surface area (Å²) in [5.41, 5.74) is 4.15. The molecule has 6 heteroatoms. The number of fused-ring (bicyclic) bond motifs is 1. The van der Waals surface area contributed by atoms with Crippen LogP contribution in [-0.4, -0.2) is 34.0 Å². The van der Waals surface area contributed by atoms with E-state index >= 15 is 0 Å². The third-order valence-electron chi connectivity index (χ3n) is 5.35. The molecule has 3 heterocycles. The number of hydrogen-bond acceptors (Lipinski definition) is 5. The highest BCUT2D eigenvalue weighted by Gasteiger charge is 2.28. The molecule has 136 valence electrons. The fraction of sp³-hybridized carbons (Fsp3) is 0.450. The van der Waals surface area contributed by atoms with Gasteiger partial charge in [0.05, 0.1) is 18.6 Å². The van der Waals surface area contributed by atoms with Crippen LogP contribution in [0.5, 0.6) is 0 Å². The van der Waals surface area contributed by atoms with Gasteiger partial charge in [0.25, 0.3) is 0 Å². The Hall–Kier alpha value is -2.63. The van der Waals surface area contributed by atoms with E-state index in [1.54, 1.807) is 6.26 Å². The zero-order chi connectivity index (χ0) is 18.3. The van der Waals surface area contributed by atoms with Crippen LogP contribution in [-0.2, 0) is 11.2 Å². The Morgan fingerprint density at radius 1 is 1.31 bits per heavy atom. The minimum Gasteiger partial charge on any atom is -0.464 e. The Balaban J connectivity index is 1.50. The standard InChI is InChI=1S/C20H23N3O3/c1-12-6-7-17-16(11-25-19(17)13(12)2)9-18(24)23-8-4-5-15(10-23)20-21-14(3)22-26-20/h6-7,11,15H,4-5,8-10H2,1-3H3/t15-/m1/s1. The van der Waals surface area contributed by atoms with Crippen molar-refractivity contribution in [2.24, 2.45) is 0 Å². The third-order valence-corrected chi connectivity index (χ3v) is 5.35. The number of carbonyl (C=O) groups excluding carboxylic acids is 1. The van der Waals surface area contributed by atoms with Crippen LogP contribution in [0.4, 0.5) is 0 Å². The van der Waals surface area contributed by atoms with Gasteiger partial charge in [0.1, 0.15) is 5.58 Å². The minimum absolute atomic E-state index is 0.117. The molecule has 2 aromatic heterocycles. The van der Waals surface area contributed by atoms with Crippen molar-refractivity contribution in [1.29, 1.82) is 0 Å². The van der Waals surface area contributed by atoms with Gasteiger partial charge in [-0.15, -0.1) is 0 Å². The first kappa shape index (κ1) is 16.8. The van der Waals surface area contributed by atoms with Crippen molar-refractivity contribution in [3.63, 3.8) is 0 Å². The number of hydrogen-bond donors (Lipinski definition) is 0. The number of likely N-dealkylation sites (tertiary alicyclic amines) is 1. The summed E-state index contributed by atoms with van der Waals surface area (Å²) >= 11 is 0. The average Bonchev–Trinajstić information content (AvgIpc) is 3.25. The van der Waals surface area contributed by atoms with Gasteiger partial charge in [-0.25, -0.2) is 0 Å². The highest BCUT2D eigenvalue weighted by atomic mass is 16.5. The van der Waals surface area contributed by atoms with Crippen molar-refractivity contribution < 1.29 is 13.7 Å². The molecule has 0 bridgehead atoms. The summed E-state index contributed by atoms with van der Waals surface area (Å²) in [6, 6.07) is 4.13. The van der Waals surface area contributed by atoms with Crippen molar-refractivity contribution >= 4 is 16.9 Å². The smallest absolute Gasteiger partial charge is 0.231 e. The largest absolute Gasteiger partial charge is 0.464 e. The fourth-order valence-corrected chi connectivity index (χ4v) is 3.68. The van der Waals surface area contributed by atoms with E-state index in [0.29, 0.717) is 24.7 Å². The lowest BCUT2D eigenvalue weighted by Crippen LogP contribution is -2.40. The predicted molar refractivity (Wildman–Crippen MR) is 97.0 cm³/mol. The molecule has 1 saturated heterocycles. The van der Waals surface area contributed by atoms with Gasteiger partial charge in [-0.2, -0.15) is 4.98 Å². The van der Waals surface area contributed by atoms with E-state index in [1.165, 1.54) is 5.56 Å². The molecule has 0 unspecified atom stereocenters. The van der Waals surface area contributed by atoms with Crippen LogP contribution in [0.25, 0.3) is 11.0 Å². The lowest BCUT2D eigenvalue weighted by Gasteiger charge is -2.31. The summed E-state index contributed by atoms with van der Waals surface area (Å²) in [6.45, 7) is 7.33. The summed E-state index contributed by atoms with van der Waals surface area (Å²) in [4.78, 5) is 19.1. The zero-order valence-corrected chi connectivity index (χ0v) is 15.4. The van der Waals surface area contributed by atoms with Gasteiger partial charge >= 0.3 is 0 Å². The fourth-order valence-electron chi connectivity index (χ4n) is 3.68. The topological polar surface area (TPSA) is 72.4 Å². The van der Waals surface area contributed by atoms with Gasteiger partial charge < -0.3 is 13.8 Å². The number of rotatable bonds is 3. The number of benzene rings is 1. The van der Waals surface area contributed by atoms with Crippen molar-refractivity contribution in [2.75, 3.05) is 13.1 Å². The summed E-state index contributed by atoms with van der Waals surface area (Å²) in [6.07, 6.45) is 3.99. The molecule has 0 radical (unpaired) electrons. The van der Waals surface area contributed by atoms with E-state index in [-0.39, 0.29) is 11.8 Å². The molecule has 1 amide bonds. The van der Waals surface area contributed by atoms with Gasteiger partial charge in [-0.3, -0.25) is 4.79 Å². The molecular weight excluding hydrogens is 330 g/mol. The Bertz CT molecular complexity index is 957. The van der Waals surface area contributed by atoms with Gasteiger partial charge in [0.15, 0.2) is 5.82 Å². The highest BCUT2D eigenvalue weighted by molar-refractivity contribution is 5.89. The number of furan rings is 1. The van der Waals surface area contributed by atoms with E-state index < -0.39 is 0 Å². The number of aryl methyl sites for hydroxylation is 3. The molecule has 1 aliphatic rings. The van der Waals surface area contributed by atoms with Crippen LogP contribution < -0.4 is 0 Å². The van der Waals surface area contributed by atoms with E-state index in [4.69, 9.17) is 8.94 Å². The molecule has 4 rings (SSSR count). The van der Waals surface area contributed by atoms with E-state index in [1.807, 2.05) is 24.8 Å². The maximum absolute atomic E-state index is 12.9. The molecule has 6 nitrogen and oxygen atoms in total. The Kier molecular flexibility index (Phi) is 4.26. The van der Waals surface area contributed by atoms with Crippen molar-refractivity contribution in [3.05, 3.63) is 46.8 Å². The SMILES string of the molecule is Cc1noc([C@@H]2CCCN(C(=O)Cc3coc4c(C)c(C)ccc34)C2)n1. The van der Waals surface area contributed by atoms with Crippen molar-refractivity contribution in [1.82, 2.24) is 15.0 Å². The van der Waals surface area contributed by atoms with Gasteiger partial charge in [-0.05, 0) is 44.7 Å². The molecule has 3 aromatic rings. The normalized spacial score (nSPS) is 17.8. The summed E-state index contributed by atoms with van der Waals surface area (Å²) in [5, 5.41) is 4.90. The maximum Gasteiger partial charge on any atom is 0.231 e. The molecule has 0 N–H and O–H groups in total. The van der Waals surface area contributed by atoms with Crippen molar-refractivity contribution in [3.8, 4) is 0 Å². The Morgan fingerprint density at radius 3 is 2.92 bits per heavy atom. The summed E-state index contributed by atoms with van der Waals surface area (Å²) in [5.74, 6) is 1.52. The van der Waals surface area contributed by atoms with Crippen LogP contribution in [0, 0.1) is 20.8 Å². The Labute approximate surface area is 152 Å². The number of piperidine rings is 1. The second-order valence-electron chi connectivity index (χ2n) is 7.18. The minimum atomic E-state index is 0.117. The molecule has 1 atom stereocenters. The molecule has 1 aromatic carbocycles. The number of aromatic nitrogens is 2. The molecule has 26 heavy (non-hydrogen) atoms. The van der Waals surface area contributed by atoms with Crippen LogP contribution in [0.3, 0.4) is 0 Å². The summed E-state index contributed by atoms with van der Waals surface area (Å²) in [7, 11) is 0. The molecule has 1 aliphatic heterocycles. The number of amides is 1. The number of carbonyl (C=O) groups is 1. The third kappa shape index (κ3) is 3.00. The van der Waals surface area contributed by atoms with Crippen molar-refractivity contribution in [2.45, 2.75) is 46.0 Å². The number of nitrogens with zero attached hydrogens (tertiary/aromatic N) is 3. The van der Waals surface area contributed by atoms with Crippen LogP contribution in [0.1, 0.15) is 47.2 Å². The van der Waals surface area contributed by atoms with E-state index in [0.717, 1.165) is 41.5 Å². The second kappa shape index (κ2) is 6.59. The molecule has 0 aliphatic carbocycles. The highest BCUT2D eigenvalue weighted by Crippen LogP contribution is 2.29. The first-order valence-corrected chi connectivity index (χ1v) is 9.07. The van der Waals surface area contributed by atoms with E-state index in [9.17, 15) is 4.79 Å². The monoisotopic (exact) mass is 353 g/mol. The van der Waals surface area contributed by atoms with Gasteiger partial charge in [-0.1, -0.05) is 17.3 Å². The van der Waals surface area contributed by atoms with Crippen LogP contribution in [0.15, 0.2) is 27.3 Å². The maximum atomic E-state index is 12.9. The zero-order valence-electron chi connectivity index (χ0n) is 15.4. The van der Waals surface area contributed by atoms with E-state index in [2.05, 4.69) is 23.1 Å². The lowest BCUT2D eigenvalue weighted by molar-refractivity contribution is -0.131. The predicted octanol–water partition coefficient (Wildman–Crippen LogP) is 3.69. The first-order valence-electron chi connectivity index (χ1n) is 9.07. The summed E-state index contributed by atoms with van der Waals surface area (Å²) < 4.78 is 11.0. The molecule has 0 saturated carbocycles. The van der Waals surface area contributed by atoms with Crippen LogP contribution >= 0.6 is 0 Å². The first-order chi connectivity index (χ1) is 12.5. The van der Waals surface area contributed by atoms with Gasteiger partial charge in [0, 0.05) is 24.0 Å². The Morgan fingerprint density at radius 2 is 2.15 bits per heavy atom. The second-order valence-corrected chi connectivity index (χ2v) is 7.18. The molecular formula is C20H23N3O3. The quantitative estimate of drug-likeness (QED) is 0.718. The van der Waals surface area contributed by atoms with Crippen LogP contribution in [0.2, 0.25) is 0 Å².